The maximum atomic E-state index is 12.3. The van der Waals surface area contributed by atoms with Crippen LogP contribution in [0.15, 0.2) is 42.5 Å². The van der Waals surface area contributed by atoms with E-state index in [1.807, 2.05) is 43.3 Å². The van der Waals surface area contributed by atoms with Gasteiger partial charge < -0.3 is 15.0 Å². The molecule has 5 rings (SSSR count). The van der Waals surface area contributed by atoms with Crippen LogP contribution in [-0.4, -0.2) is 24.8 Å². The average Bonchev–Trinajstić information content (AvgIpc) is 3.42. The number of hydrogen-bond donors (Lipinski definition) is 2. The fourth-order valence-electron chi connectivity index (χ4n) is 4.73. The summed E-state index contributed by atoms with van der Waals surface area (Å²) in [5.41, 5.74) is 11.1. The van der Waals surface area contributed by atoms with E-state index >= 15 is 0 Å². The number of nitrogens with zero attached hydrogens (tertiary/aromatic N) is 1. The maximum Gasteiger partial charge on any atom is 0.235 e. The lowest BCUT2D eigenvalue weighted by molar-refractivity contribution is 0.340. The van der Waals surface area contributed by atoms with Crippen molar-refractivity contribution in [2.45, 2.75) is 56.7 Å². The standard InChI is InChI=1S/C24H29N3O3S/c1-2-30-19-11-14-21-22(15-19)27(18-5-3-4-6-18)24(23(21)25)16-7-9-17(10-8-16)26-31(28,29)20-12-13-20/h7-11,14-15,18,20,26H,2-6,12-13,25H2,1H3. The molecule has 0 unspecified atom stereocenters. The van der Waals surface area contributed by atoms with E-state index in [0.717, 1.165) is 59.3 Å². The minimum Gasteiger partial charge on any atom is -0.494 e. The first-order chi connectivity index (χ1) is 15.0. The fourth-order valence-corrected chi connectivity index (χ4v) is 6.12. The molecule has 2 saturated carbocycles. The highest BCUT2D eigenvalue weighted by Gasteiger charge is 2.35. The summed E-state index contributed by atoms with van der Waals surface area (Å²) in [6, 6.07) is 14.1. The van der Waals surface area contributed by atoms with Gasteiger partial charge in [-0.25, -0.2) is 8.42 Å². The third kappa shape index (κ3) is 3.76. The van der Waals surface area contributed by atoms with Crippen LogP contribution in [0.25, 0.3) is 22.2 Å². The smallest absolute Gasteiger partial charge is 0.235 e. The molecule has 2 aliphatic carbocycles. The first-order valence-electron chi connectivity index (χ1n) is 11.2. The zero-order valence-corrected chi connectivity index (χ0v) is 18.6. The highest BCUT2D eigenvalue weighted by Crippen LogP contribution is 2.44. The summed E-state index contributed by atoms with van der Waals surface area (Å²) in [6.07, 6.45) is 6.19. The number of nitrogens with two attached hydrogens (primary N) is 1. The van der Waals surface area contributed by atoms with Crippen molar-refractivity contribution in [3.05, 3.63) is 42.5 Å². The minimum atomic E-state index is -3.27. The molecule has 0 aliphatic heterocycles. The Hall–Kier alpha value is -2.67. The maximum absolute atomic E-state index is 12.3. The second kappa shape index (κ2) is 7.79. The van der Waals surface area contributed by atoms with Crippen LogP contribution in [0.1, 0.15) is 51.5 Å². The van der Waals surface area contributed by atoms with E-state index < -0.39 is 10.0 Å². The minimum absolute atomic E-state index is 0.243. The zero-order valence-electron chi connectivity index (χ0n) is 17.8. The van der Waals surface area contributed by atoms with Crippen LogP contribution in [0.2, 0.25) is 0 Å². The van der Waals surface area contributed by atoms with Gasteiger partial charge in [0.25, 0.3) is 0 Å². The van der Waals surface area contributed by atoms with Gasteiger partial charge in [-0.3, -0.25) is 4.72 Å². The van der Waals surface area contributed by atoms with Gasteiger partial charge in [0.05, 0.1) is 28.8 Å². The van der Waals surface area contributed by atoms with Gasteiger partial charge in [-0.05, 0) is 56.9 Å². The second-order valence-electron chi connectivity index (χ2n) is 8.61. The molecule has 3 N–H and O–H groups in total. The Morgan fingerprint density at radius 2 is 1.77 bits per heavy atom. The van der Waals surface area contributed by atoms with Crippen molar-refractivity contribution in [1.29, 1.82) is 0 Å². The van der Waals surface area contributed by atoms with Gasteiger partial charge in [0.1, 0.15) is 5.75 Å². The second-order valence-corrected chi connectivity index (χ2v) is 10.6. The predicted molar refractivity (Wildman–Crippen MR) is 126 cm³/mol. The molecule has 3 aromatic rings. The monoisotopic (exact) mass is 439 g/mol. The van der Waals surface area contributed by atoms with Gasteiger partial charge in [-0.15, -0.1) is 0 Å². The van der Waals surface area contributed by atoms with E-state index in [4.69, 9.17) is 10.5 Å². The molecule has 0 bridgehead atoms. The van der Waals surface area contributed by atoms with Gasteiger partial charge in [-0.1, -0.05) is 25.0 Å². The molecule has 6 nitrogen and oxygen atoms in total. The molecular weight excluding hydrogens is 410 g/mol. The molecule has 0 atom stereocenters. The van der Waals surface area contributed by atoms with Crippen LogP contribution in [-0.2, 0) is 10.0 Å². The molecule has 2 aromatic carbocycles. The number of rotatable bonds is 7. The Kier molecular flexibility index (Phi) is 5.08. The molecule has 1 aromatic heterocycles. The van der Waals surface area contributed by atoms with Crippen molar-refractivity contribution in [3.63, 3.8) is 0 Å². The van der Waals surface area contributed by atoms with Gasteiger partial charge in [0, 0.05) is 28.7 Å². The number of hydrogen-bond acceptors (Lipinski definition) is 4. The molecule has 2 fully saturated rings. The first-order valence-corrected chi connectivity index (χ1v) is 12.7. The van der Waals surface area contributed by atoms with E-state index in [-0.39, 0.29) is 5.25 Å². The third-order valence-electron chi connectivity index (χ3n) is 6.40. The topological polar surface area (TPSA) is 86.3 Å². The normalized spacial score (nSPS) is 17.3. The number of aromatic nitrogens is 1. The molecular formula is C24H29N3O3S. The van der Waals surface area contributed by atoms with Gasteiger partial charge >= 0.3 is 0 Å². The molecule has 7 heteroatoms. The number of nitrogen functional groups attached to an aromatic ring is 1. The molecule has 0 amide bonds. The van der Waals surface area contributed by atoms with E-state index in [2.05, 4.69) is 15.4 Å². The van der Waals surface area contributed by atoms with Crippen molar-refractivity contribution < 1.29 is 13.2 Å². The number of benzene rings is 2. The lowest BCUT2D eigenvalue weighted by Crippen LogP contribution is -2.17. The van der Waals surface area contributed by atoms with Crippen LogP contribution >= 0.6 is 0 Å². The lowest BCUT2D eigenvalue weighted by Gasteiger charge is -2.19. The van der Waals surface area contributed by atoms with E-state index in [1.165, 1.54) is 12.8 Å². The molecule has 0 spiro atoms. The number of ether oxygens (including phenoxy) is 1. The van der Waals surface area contributed by atoms with Crippen molar-refractivity contribution in [2.75, 3.05) is 17.1 Å². The van der Waals surface area contributed by atoms with Crippen molar-refractivity contribution >= 4 is 32.3 Å². The van der Waals surface area contributed by atoms with E-state index in [0.29, 0.717) is 18.3 Å². The molecule has 2 aliphatic rings. The Morgan fingerprint density at radius 3 is 2.42 bits per heavy atom. The molecule has 0 radical (unpaired) electrons. The van der Waals surface area contributed by atoms with Crippen molar-refractivity contribution in [1.82, 2.24) is 4.57 Å². The van der Waals surface area contributed by atoms with Crippen LogP contribution in [0.4, 0.5) is 11.4 Å². The van der Waals surface area contributed by atoms with Crippen LogP contribution in [0.3, 0.4) is 0 Å². The van der Waals surface area contributed by atoms with E-state index in [9.17, 15) is 8.42 Å². The van der Waals surface area contributed by atoms with Crippen LogP contribution in [0, 0.1) is 0 Å². The largest absolute Gasteiger partial charge is 0.494 e. The van der Waals surface area contributed by atoms with Crippen LogP contribution < -0.4 is 15.2 Å². The first kappa shape index (κ1) is 20.2. The van der Waals surface area contributed by atoms with Gasteiger partial charge in [0.2, 0.25) is 10.0 Å². The van der Waals surface area contributed by atoms with Crippen molar-refractivity contribution in [3.8, 4) is 17.0 Å². The Bertz CT molecular complexity index is 1210. The number of sulfonamides is 1. The quantitative estimate of drug-likeness (QED) is 0.522. The highest BCUT2D eigenvalue weighted by molar-refractivity contribution is 7.93. The summed E-state index contributed by atoms with van der Waals surface area (Å²) in [5, 5.41) is 0.788. The number of nitrogens with one attached hydrogen (secondary N) is 1. The van der Waals surface area contributed by atoms with Crippen LogP contribution in [0.5, 0.6) is 5.75 Å². The molecule has 1 heterocycles. The van der Waals surface area contributed by atoms with E-state index in [1.54, 1.807) is 0 Å². The fraction of sp³-hybridized carbons (Fsp3) is 0.417. The number of fused-ring (bicyclic) bond motifs is 1. The zero-order chi connectivity index (χ0) is 21.6. The predicted octanol–water partition coefficient (Wildman–Crippen LogP) is 5.31. The molecule has 164 valence electrons. The summed E-state index contributed by atoms with van der Waals surface area (Å²) in [5.74, 6) is 0.850. The SMILES string of the molecule is CCOc1ccc2c(N)c(-c3ccc(NS(=O)(=O)C4CC4)cc3)n(C3CCCC3)c2c1. The van der Waals surface area contributed by atoms with Gasteiger partial charge in [0.15, 0.2) is 0 Å². The summed E-state index contributed by atoms with van der Waals surface area (Å²) < 4.78 is 35.4. The lowest BCUT2D eigenvalue weighted by atomic mass is 10.1. The summed E-state index contributed by atoms with van der Waals surface area (Å²) >= 11 is 0. The van der Waals surface area contributed by atoms with Crippen molar-refractivity contribution in [2.24, 2.45) is 0 Å². The average molecular weight is 440 g/mol. The Balaban J connectivity index is 1.58. The summed E-state index contributed by atoms with van der Waals surface area (Å²) in [7, 11) is -3.27. The molecule has 0 saturated heterocycles. The third-order valence-corrected chi connectivity index (χ3v) is 8.27. The molecule has 31 heavy (non-hydrogen) atoms. The summed E-state index contributed by atoms with van der Waals surface area (Å²) in [6.45, 7) is 2.61. The van der Waals surface area contributed by atoms with Gasteiger partial charge in [-0.2, -0.15) is 0 Å². The summed E-state index contributed by atoms with van der Waals surface area (Å²) in [4.78, 5) is 0. The number of anilines is 2. The highest BCUT2D eigenvalue weighted by atomic mass is 32.2. The Morgan fingerprint density at radius 1 is 1.06 bits per heavy atom. The Labute approximate surface area is 183 Å².